The van der Waals surface area contributed by atoms with Crippen LogP contribution in [0, 0.1) is 12.7 Å². The summed E-state index contributed by atoms with van der Waals surface area (Å²) in [5.41, 5.74) is 2.80. The zero-order valence-corrected chi connectivity index (χ0v) is 26.1. The second-order valence-corrected chi connectivity index (χ2v) is 13.3. The van der Waals surface area contributed by atoms with Gasteiger partial charge < -0.3 is 10.2 Å². The van der Waals surface area contributed by atoms with Gasteiger partial charge in [0.15, 0.2) is 0 Å². The fourth-order valence-electron chi connectivity index (χ4n) is 5.75. The van der Waals surface area contributed by atoms with E-state index in [-0.39, 0.29) is 35.5 Å². The van der Waals surface area contributed by atoms with E-state index < -0.39 is 34.3 Å². The SMILES string of the molecule is Cc1ccccc1CN(C(=O)CN(c1ccc(F)cc1)S(=O)(=O)c1ccccc1)C(Cc1ccccc1)C(=O)NC1CCCC1. The highest BCUT2D eigenvalue weighted by atomic mass is 32.2. The third-order valence-corrected chi connectivity index (χ3v) is 10.1. The number of aryl methyl sites for hydroxylation is 1. The van der Waals surface area contributed by atoms with Crippen LogP contribution in [0.2, 0.25) is 0 Å². The first kappa shape index (κ1) is 31.9. The van der Waals surface area contributed by atoms with Gasteiger partial charge in [0.2, 0.25) is 11.8 Å². The fraction of sp³-hybridized carbons (Fsp3) is 0.278. The molecule has 2 amide bonds. The number of rotatable bonds is 12. The molecule has 0 radical (unpaired) electrons. The molecule has 0 aliphatic heterocycles. The van der Waals surface area contributed by atoms with Crippen molar-refractivity contribution in [3.05, 3.63) is 132 Å². The molecule has 1 N–H and O–H groups in total. The van der Waals surface area contributed by atoms with E-state index in [0.29, 0.717) is 0 Å². The molecule has 0 aromatic heterocycles. The Morgan fingerprint density at radius 2 is 1.44 bits per heavy atom. The third-order valence-electron chi connectivity index (χ3n) is 8.30. The van der Waals surface area contributed by atoms with E-state index in [1.54, 1.807) is 18.2 Å². The molecule has 0 spiro atoms. The molecule has 1 aliphatic rings. The van der Waals surface area contributed by atoms with E-state index >= 15 is 0 Å². The minimum Gasteiger partial charge on any atom is -0.352 e. The number of nitrogens with one attached hydrogen (secondary N) is 1. The quantitative estimate of drug-likeness (QED) is 0.208. The Morgan fingerprint density at radius 3 is 2.09 bits per heavy atom. The molecule has 0 saturated heterocycles. The topological polar surface area (TPSA) is 86.8 Å². The number of hydrogen-bond donors (Lipinski definition) is 1. The molecule has 1 unspecified atom stereocenters. The molecule has 1 fully saturated rings. The molecule has 9 heteroatoms. The van der Waals surface area contributed by atoms with Crippen molar-refractivity contribution < 1.29 is 22.4 Å². The van der Waals surface area contributed by atoms with Crippen LogP contribution in [0.1, 0.15) is 42.4 Å². The molecular formula is C36H38FN3O4S. The van der Waals surface area contributed by atoms with Crippen LogP contribution in [0.4, 0.5) is 10.1 Å². The fourth-order valence-corrected chi connectivity index (χ4v) is 7.18. The summed E-state index contributed by atoms with van der Waals surface area (Å²) in [7, 11) is -4.24. The highest BCUT2D eigenvalue weighted by Gasteiger charge is 2.35. The van der Waals surface area contributed by atoms with Gasteiger partial charge in [-0.1, -0.05) is 85.6 Å². The second-order valence-electron chi connectivity index (χ2n) is 11.4. The zero-order valence-electron chi connectivity index (χ0n) is 25.3. The van der Waals surface area contributed by atoms with Crippen LogP contribution >= 0.6 is 0 Å². The standard InChI is InChI=1S/C36H38FN3O4S/c1-27-12-8-9-15-29(27)25-39(34(24-28-13-4-2-5-14-28)36(42)38-31-16-10-11-17-31)35(41)26-40(32-22-20-30(37)21-23-32)45(43,44)33-18-6-3-7-19-33/h2-9,12-15,18-23,31,34H,10-11,16-17,24-26H2,1H3,(H,38,42). The summed E-state index contributed by atoms with van der Waals surface area (Å²) in [5, 5.41) is 3.18. The zero-order chi connectivity index (χ0) is 31.8. The van der Waals surface area contributed by atoms with Crippen LogP contribution in [0.5, 0.6) is 0 Å². The summed E-state index contributed by atoms with van der Waals surface area (Å²) in [6, 6.07) is 29.0. The number of sulfonamides is 1. The molecule has 1 aliphatic carbocycles. The Kier molecular flexibility index (Phi) is 10.3. The summed E-state index contributed by atoms with van der Waals surface area (Å²) in [6.07, 6.45) is 4.07. The third kappa shape index (κ3) is 7.97. The Balaban J connectivity index is 1.56. The van der Waals surface area contributed by atoms with Gasteiger partial charge in [-0.05, 0) is 72.9 Å². The van der Waals surface area contributed by atoms with E-state index in [1.807, 2.05) is 61.5 Å². The first-order chi connectivity index (χ1) is 21.7. The van der Waals surface area contributed by atoms with Crippen molar-refractivity contribution in [1.29, 1.82) is 0 Å². The maximum atomic E-state index is 14.5. The Morgan fingerprint density at radius 1 is 0.844 bits per heavy atom. The van der Waals surface area contributed by atoms with Crippen LogP contribution in [-0.4, -0.2) is 43.8 Å². The van der Waals surface area contributed by atoms with Gasteiger partial charge in [0, 0.05) is 19.0 Å². The molecule has 1 atom stereocenters. The summed E-state index contributed by atoms with van der Waals surface area (Å²) in [6.45, 7) is 1.45. The van der Waals surface area contributed by atoms with Crippen molar-refractivity contribution in [3.63, 3.8) is 0 Å². The number of nitrogens with zero attached hydrogens (tertiary/aromatic N) is 2. The van der Waals surface area contributed by atoms with Crippen molar-refractivity contribution in [3.8, 4) is 0 Å². The van der Waals surface area contributed by atoms with Gasteiger partial charge in [0.05, 0.1) is 10.6 Å². The van der Waals surface area contributed by atoms with Gasteiger partial charge in [-0.2, -0.15) is 0 Å². The highest BCUT2D eigenvalue weighted by Crippen LogP contribution is 2.26. The molecule has 4 aromatic carbocycles. The largest absolute Gasteiger partial charge is 0.352 e. The van der Waals surface area contributed by atoms with E-state index in [4.69, 9.17) is 0 Å². The number of carbonyl (C=O) groups is 2. The van der Waals surface area contributed by atoms with Crippen molar-refractivity contribution >= 4 is 27.5 Å². The summed E-state index contributed by atoms with van der Waals surface area (Å²) in [4.78, 5) is 30.1. The summed E-state index contributed by atoms with van der Waals surface area (Å²) in [5.74, 6) is -1.36. The van der Waals surface area contributed by atoms with Crippen molar-refractivity contribution in [2.24, 2.45) is 0 Å². The Labute approximate surface area is 264 Å². The van der Waals surface area contributed by atoms with Gasteiger partial charge in [0.25, 0.3) is 10.0 Å². The predicted molar refractivity (Wildman–Crippen MR) is 173 cm³/mol. The van der Waals surface area contributed by atoms with Crippen LogP contribution < -0.4 is 9.62 Å². The van der Waals surface area contributed by atoms with E-state index in [2.05, 4.69) is 5.32 Å². The van der Waals surface area contributed by atoms with Crippen LogP contribution in [0.25, 0.3) is 0 Å². The first-order valence-corrected chi connectivity index (χ1v) is 16.7. The lowest BCUT2D eigenvalue weighted by Gasteiger charge is -2.34. The average Bonchev–Trinajstić information content (AvgIpc) is 3.56. The maximum absolute atomic E-state index is 14.5. The van der Waals surface area contributed by atoms with Gasteiger partial charge >= 0.3 is 0 Å². The first-order valence-electron chi connectivity index (χ1n) is 15.2. The molecule has 45 heavy (non-hydrogen) atoms. The lowest BCUT2D eigenvalue weighted by Crippen LogP contribution is -2.54. The maximum Gasteiger partial charge on any atom is 0.264 e. The minimum absolute atomic E-state index is 0.00705. The van der Waals surface area contributed by atoms with Crippen LogP contribution in [0.15, 0.2) is 114 Å². The summed E-state index contributed by atoms with van der Waals surface area (Å²) >= 11 is 0. The second kappa shape index (κ2) is 14.5. The summed E-state index contributed by atoms with van der Waals surface area (Å²) < 4.78 is 42.9. The average molecular weight is 628 g/mol. The van der Waals surface area contributed by atoms with E-state index in [1.165, 1.54) is 29.2 Å². The molecule has 4 aromatic rings. The van der Waals surface area contributed by atoms with Crippen LogP contribution in [-0.2, 0) is 32.6 Å². The molecule has 1 saturated carbocycles. The molecule has 0 bridgehead atoms. The van der Waals surface area contributed by atoms with Crippen molar-refractivity contribution in [2.45, 2.75) is 62.6 Å². The predicted octanol–water partition coefficient (Wildman–Crippen LogP) is 6.03. The van der Waals surface area contributed by atoms with E-state index in [0.717, 1.165) is 58.8 Å². The molecular weight excluding hydrogens is 589 g/mol. The van der Waals surface area contributed by atoms with Crippen LogP contribution in [0.3, 0.4) is 0 Å². The number of halogens is 1. The lowest BCUT2D eigenvalue weighted by atomic mass is 10.0. The number of benzene rings is 4. The Hall–Kier alpha value is -4.50. The van der Waals surface area contributed by atoms with Crippen molar-refractivity contribution in [1.82, 2.24) is 10.2 Å². The highest BCUT2D eigenvalue weighted by molar-refractivity contribution is 7.92. The monoisotopic (exact) mass is 627 g/mol. The lowest BCUT2D eigenvalue weighted by molar-refractivity contribution is -0.140. The van der Waals surface area contributed by atoms with Gasteiger partial charge in [0.1, 0.15) is 18.4 Å². The van der Waals surface area contributed by atoms with E-state index in [9.17, 15) is 22.4 Å². The molecule has 5 rings (SSSR count). The molecule has 0 heterocycles. The number of amides is 2. The normalized spacial score (nSPS) is 14.1. The van der Waals surface area contributed by atoms with Gasteiger partial charge in [-0.25, -0.2) is 12.8 Å². The van der Waals surface area contributed by atoms with Gasteiger partial charge in [-0.3, -0.25) is 13.9 Å². The smallest absolute Gasteiger partial charge is 0.264 e. The number of hydrogen-bond acceptors (Lipinski definition) is 4. The Bertz CT molecular complexity index is 1690. The molecule has 234 valence electrons. The minimum atomic E-state index is -4.24. The number of anilines is 1. The number of carbonyl (C=O) groups excluding carboxylic acids is 2. The van der Waals surface area contributed by atoms with Crippen molar-refractivity contribution in [2.75, 3.05) is 10.8 Å². The molecule has 7 nitrogen and oxygen atoms in total. The van der Waals surface area contributed by atoms with Gasteiger partial charge in [-0.15, -0.1) is 0 Å².